The van der Waals surface area contributed by atoms with Crippen LogP contribution in [0.3, 0.4) is 0 Å². The number of nitro benzene ring substituents is 1. The number of benzene rings is 1. The summed E-state index contributed by atoms with van der Waals surface area (Å²) >= 11 is 0. The largest absolute Gasteiger partial charge is 0.290 e. The third-order valence-electron chi connectivity index (χ3n) is 1.42. The Labute approximate surface area is 70.6 Å². The summed E-state index contributed by atoms with van der Waals surface area (Å²) in [5.41, 5.74) is 0.918. The van der Waals surface area contributed by atoms with Crippen molar-refractivity contribution in [2.45, 2.75) is 6.16 Å². The number of hydrogen-bond acceptors (Lipinski definition) is 3. The maximum absolute atomic E-state index is 10.2. The monoisotopic (exact) mass is 184 g/mol. The minimum absolute atomic E-state index is 0.0629. The van der Waals surface area contributed by atoms with E-state index < -0.39 is 13.4 Å². The molecule has 0 aliphatic carbocycles. The first-order valence-electron chi connectivity index (χ1n) is 3.32. The average molecular weight is 184 g/mol. The van der Waals surface area contributed by atoms with Crippen LogP contribution in [0.2, 0.25) is 0 Å². The molecular formula is C7H7NO3P. The van der Waals surface area contributed by atoms with Gasteiger partial charge in [0.05, 0.1) is 13.4 Å². The number of hydrogen-bond donors (Lipinski definition) is 0. The van der Waals surface area contributed by atoms with E-state index in [-0.39, 0.29) is 5.69 Å². The van der Waals surface area contributed by atoms with Crippen LogP contribution in [0.5, 0.6) is 0 Å². The van der Waals surface area contributed by atoms with E-state index in [1.807, 2.05) is 0 Å². The highest BCUT2D eigenvalue weighted by Gasteiger charge is 2.02. The normalized spacial score (nSPS) is 10.0. The fourth-order valence-electron chi connectivity index (χ4n) is 0.819. The van der Waals surface area contributed by atoms with Gasteiger partial charge in [0.15, 0.2) is 0 Å². The van der Waals surface area contributed by atoms with Gasteiger partial charge in [-0.15, -0.1) is 0 Å². The molecule has 1 rings (SSSR count). The third-order valence-corrected chi connectivity index (χ3v) is 1.98. The molecule has 63 valence electrons. The van der Waals surface area contributed by atoms with E-state index in [9.17, 15) is 14.7 Å². The molecule has 0 amide bonds. The van der Waals surface area contributed by atoms with Crippen molar-refractivity contribution < 1.29 is 9.49 Å². The lowest BCUT2D eigenvalue weighted by atomic mass is 10.2. The Balaban J connectivity index is 2.85. The van der Waals surface area contributed by atoms with E-state index in [1.165, 1.54) is 12.1 Å². The second-order valence-corrected chi connectivity index (χ2v) is 2.89. The molecule has 0 saturated carbocycles. The zero-order valence-electron chi connectivity index (χ0n) is 6.19. The van der Waals surface area contributed by atoms with Crippen LogP contribution in [-0.4, -0.2) is 4.92 Å². The number of nitro groups is 1. The number of rotatable bonds is 3. The van der Waals surface area contributed by atoms with Crippen molar-refractivity contribution in [3.05, 3.63) is 39.9 Å². The van der Waals surface area contributed by atoms with Crippen LogP contribution in [-0.2, 0) is 10.7 Å². The van der Waals surface area contributed by atoms with Crippen LogP contribution >= 0.6 is 8.46 Å². The van der Waals surface area contributed by atoms with E-state index in [2.05, 4.69) is 0 Å². The molecule has 4 nitrogen and oxygen atoms in total. The molecule has 1 aromatic rings. The Hall–Kier alpha value is -1.28. The van der Waals surface area contributed by atoms with Gasteiger partial charge in [-0.3, -0.25) is 14.7 Å². The molecule has 0 spiro atoms. The first-order chi connectivity index (χ1) is 5.74. The summed E-state index contributed by atoms with van der Waals surface area (Å²) in [6.07, 6.45) is 0.456. The Morgan fingerprint density at radius 2 is 1.92 bits per heavy atom. The van der Waals surface area contributed by atoms with Gasteiger partial charge in [0, 0.05) is 18.3 Å². The minimum Gasteiger partial charge on any atom is -0.290 e. The highest BCUT2D eigenvalue weighted by molar-refractivity contribution is 7.22. The smallest absolute Gasteiger partial charge is 0.269 e. The zero-order valence-corrected chi connectivity index (χ0v) is 7.19. The second kappa shape index (κ2) is 3.93. The van der Waals surface area contributed by atoms with Gasteiger partial charge >= 0.3 is 0 Å². The van der Waals surface area contributed by atoms with Gasteiger partial charge in [0.1, 0.15) is 0 Å². The SMILES string of the molecule is O=[PH]Cc1ccc([N+](=O)[O-])cc1. The summed E-state index contributed by atoms with van der Waals surface area (Å²) in [4.78, 5) is 9.76. The third kappa shape index (κ3) is 2.10. The van der Waals surface area contributed by atoms with Gasteiger partial charge in [-0.1, -0.05) is 12.1 Å². The van der Waals surface area contributed by atoms with Crippen LogP contribution < -0.4 is 0 Å². The molecule has 0 aliphatic rings. The lowest BCUT2D eigenvalue weighted by Crippen LogP contribution is -1.87. The van der Waals surface area contributed by atoms with E-state index >= 15 is 0 Å². The summed E-state index contributed by atoms with van der Waals surface area (Å²) in [5.74, 6) is 0. The number of nitrogens with zero attached hydrogens (tertiary/aromatic N) is 1. The van der Waals surface area contributed by atoms with Crippen LogP contribution in [0, 0.1) is 10.1 Å². The molecule has 5 heteroatoms. The molecule has 0 bridgehead atoms. The summed E-state index contributed by atoms with van der Waals surface area (Å²) in [6.45, 7) is 0. The summed E-state index contributed by atoms with van der Waals surface area (Å²) < 4.78 is 10.2. The van der Waals surface area contributed by atoms with Crippen molar-refractivity contribution in [1.29, 1.82) is 0 Å². The maximum atomic E-state index is 10.2. The fraction of sp³-hybridized carbons (Fsp3) is 0.143. The molecule has 1 unspecified atom stereocenters. The highest BCUT2D eigenvalue weighted by Crippen LogP contribution is 2.14. The van der Waals surface area contributed by atoms with Crippen molar-refractivity contribution >= 4 is 14.1 Å². The fourth-order valence-corrected chi connectivity index (χ4v) is 1.22. The molecular weight excluding hydrogens is 177 g/mol. The van der Waals surface area contributed by atoms with Crippen molar-refractivity contribution in [1.82, 2.24) is 0 Å². The summed E-state index contributed by atoms with van der Waals surface area (Å²) in [7, 11) is -0.393. The van der Waals surface area contributed by atoms with Gasteiger partial charge in [-0.2, -0.15) is 0 Å². The van der Waals surface area contributed by atoms with Crippen LogP contribution in [0.4, 0.5) is 5.69 Å². The van der Waals surface area contributed by atoms with Crippen LogP contribution in [0.1, 0.15) is 5.56 Å². The molecule has 0 N–H and O–H groups in total. The molecule has 1 radical (unpaired) electrons. The standard InChI is InChI=1S/C7H7NO3P/c9-8(10)7-3-1-6(2-4-7)5-12-11/h1-4,12H,5H2. The van der Waals surface area contributed by atoms with Gasteiger partial charge in [-0.25, -0.2) is 0 Å². The van der Waals surface area contributed by atoms with Crippen molar-refractivity contribution in [2.24, 2.45) is 0 Å². The topological polar surface area (TPSA) is 60.2 Å². The lowest BCUT2D eigenvalue weighted by molar-refractivity contribution is -0.384. The molecule has 0 fully saturated rings. The minimum atomic E-state index is -0.455. The average Bonchev–Trinajstić information content (AvgIpc) is 2.06. The molecule has 12 heavy (non-hydrogen) atoms. The Bertz CT molecular complexity index is 296. The Kier molecular flexibility index (Phi) is 2.88. The highest BCUT2D eigenvalue weighted by atomic mass is 31.1. The predicted molar refractivity (Wildman–Crippen MR) is 45.8 cm³/mol. The van der Waals surface area contributed by atoms with E-state index in [1.54, 1.807) is 12.1 Å². The van der Waals surface area contributed by atoms with Gasteiger partial charge in [-0.05, 0) is 5.56 Å². The second-order valence-electron chi connectivity index (χ2n) is 2.24. The van der Waals surface area contributed by atoms with E-state index in [0.717, 1.165) is 5.56 Å². The van der Waals surface area contributed by atoms with Crippen LogP contribution in [0.25, 0.3) is 0 Å². The van der Waals surface area contributed by atoms with Gasteiger partial charge in [0.2, 0.25) is 0 Å². The molecule has 0 aliphatic heterocycles. The Morgan fingerprint density at radius 1 is 1.33 bits per heavy atom. The maximum Gasteiger partial charge on any atom is 0.269 e. The first-order valence-corrected chi connectivity index (χ1v) is 4.44. The summed E-state index contributed by atoms with van der Waals surface area (Å²) in [6, 6.07) is 6.05. The summed E-state index contributed by atoms with van der Waals surface area (Å²) in [5, 5.41) is 10.2. The van der Waals surface area contributed by atoms with E-state index in [0.29, 0.717) is 6.16 Å². The molecule has 0 aromatic heterocycles. The van der Waals surface area contributed by atoms with Crippen LogP contribution in [0.15, 0.2) is 24.3 Å². The van der Waals surface area contributed by atoms with Gasteiger partial charge in [0.25, 0.3) is 5.69 Å². The van der Waals surface area contributed by atoms with E-state index in [4.69, 9.17) is 0 Å². The van der Waals surface area contributed by atoms with Crippen molar-refractivity contribution in [2.75, 3.05) is 0 Å². The predicted octanol–water partition coefficient (Wildman–Crippen LogP) is 2.12. The van der Waals surface area contributed by atoms with Crippen molar-refractivity contribution in [3.63, 3.8) is 0 Å². The molecule has 0 heterocycles. The zero-order chi connectivity index (χ0) is 8.97. The molecule has 1 aromatic carbocycles. The Morgan fingerprint density at radius 3 is 2.33 bits per heavy atom. The quantitative estimate of drug-likeness (QED) is 0.410. The first kappa shape index (κ1) is 8.81. The molecule has 0 saturated heterocycles. The van der Waals surface area contributed by atoms with Crippen molar-refractivity contribution in [3.8, 4) is 0 Å². The number of non-ortho nitro benzene ring substituents is 1. The van der Waals surface area contributed by atoms with Gasteiger partial charge < -0.3 is 0 Å². The lowest BCUT2D eigenvalue weighted by Gasteiger charge is -1.93. The molecule has 1 atom stereocenters.